The molecule has 24 heavy (non-hydrogen) atoms. The molecule has 2 aromatic rings. The molecule has 0 radical (unpaired) electrons. The Labute approximate surface area is 138 Å². The minimum Gasteiger partial charge on any atom is -0.468 e. The Morgan fingerprint density at radius 3 is 2.67 bits per heavy atom. The number of carbonyl (C=O) groups is 2. The van der Waals surface area contributed by atoms with Gasteiger partial charge in [0.2, 0.25) is 10.0 Å². The van der Waals surface area contributed by atoms with Crippen molar-refractivity contribution in [2.24, 2.45) is 5.73 Å². The molecule has 1 unspecified atom stereocenters. The Morgan fingerprint density at radius 1 is 1.29 bits per heavy atom. The number of nitrogens with two attached hydrogens (primary N) is 1. The van der Waals surface area contributed by atoms with Gasteiger partial charge in [-0.25, -0.2) is 17.9 Å². The number of benzene rings is 1. The van der Waals surface area contributed by atoms with E-state index in [2.05, 4.69) is 4.72 Å². The molecule has 3 N–H and O–H groups in total. The van der Waals surface area contributed by atoms with Crippen LogP contribution in [0.5, 0.6) is 0 Å². The number of amides is 1. The lowest BCUT2D eigenvalue weighted by molar-refractivity contribution is -0.125. The molecular formula is C15H16N2O6S. The van der Waals surface area contributed by atoms with Gasteiger partial charge in [0.1, 0.15) is 5.76 Å². The molecule has 9 heteroatoms. The predicted molar refractivity (Wildman–Crippen MR) is 83.2 cm³/mol. The van der Waals surface area contributed by atoms with Crippen LogP contribution in [0.3, 0.4) is 0 Å². The zero-order valence-corrected chi connectivity index (χ0v) is 13.6. The highest BCUT2D eigenvalue weighted by atomic mass is 32.2. The maximum absolute atomic E-state index is 12.3. The van der Waals surface area contributed by atoms with Crippen molar-refractivity contribution in [2.45, 2.75) is 24.5 Å². The van der Waals surface area contributed by atoms with E-state index in [1.165, 1.54) is 31.4 Å². The summed E-state index contributed by atoms with van der Waals surface area (Å²) in [5, 5.41) is 0. The molecule has 0 fully saturated rings. The van der Waals surface area contributed by atoms with E-state index >= 15 is 0 Å². The summed E-state index contributed by atoms with van der Waals surface area (Å²) in [5.74, 6) is -1.19. The summed E-state index contributed by atoms with van der Waals surface area (Å²) >= 11 is 0. The Balaban J connectivity index is 2.13. The van der Waals surface area contributed by atoms with Gasteiger partial charge in [-0.05, 0) is 37.3 Å². The zero-order chi connectivity index (χ0) is 17.7. The van der Waals surface area contributed by atoms with Crippen LogP contribution in [-0.4, -0.2) is 26.4 Å². The summed E-state index contributed by atoms with van der Waals surface area (Å²) in [4.78, 5) is 22.7. The fourth-order valence-electron chi connectivity index (χ4n) is 1.74. The molecule has 1 aromatic carbocycles. The number of rotatable bonds is 7. The zero-order valence-electron chi connectivity index (χ0n) is 12.8. The van der Waals surface area contributed by atoms with Crippen LogP contribution in [0.15, 0.2) is 52.0 Å². The highest BCUT2D eigenvalue weighted by molar-refractivity contribution is 7.89. The molecule has 128 valence electrons. The maximum Gasteiger partial charge on any atom is 0.338 e. The fourth-order valence-corrected chi connectivity index (χ4v) is 2.78. The first kappa shape index (κ1) is 17.7. The third-order valence-electron chi connectivity index (χ3n) is 3.08. The molecule has 0 saturated carbocycles. The molecule has 2 rings (SSSR count). The number of sulfonamides is 1. The first-order valence-electron chi connectivity index (χ1n) is 6.92. The second-order valence-corrected chi connectivity index (χ2v) is 6.65. The van der Waals surface area contributed by atoms with Crippen LogP contribution < -0.4 is 10.5 Å². The molecule has 0 aliphatic heterocycles. The normalized spacial score (nSPS) is 12.5. The van der Waals surface area contributed by atoms with Gasteiger partial charge in [-0.2, -0.15) is 0 Å². The van der Waals surface area contributed by atoms with E-state index in [0.717, 1.165) is 6.07 Å². The van der Waals surface area contributed by atoms with Gasteiger partial charge in [0.25, 0.3) is 5.91 Å². The van der Waals surface area contributed by atoms with Gasteiger partial charge in [0, 0.05) is 0 Å². The van der Waals surface area contributed by atoms with E-state index < -0.39 is 28.0 Å². The van der Waals surface area contributed by atoms with Crippen molar-refractivity contribution in [1.29, 1.82) is 0 Å². The van der Waals surface area contributed by atoms with Crippen molar-refractivity contribution < 1.29 is 27.2 Å². The van der Waals surface area contributed by atoms with Gasteiger partial charge in [-0.15, -0.1) is 0 Å². The number of hydrogen-bond acceptors (Lipinski definition) is 6. The number of furan rings is 1. The summed E-state index contributed by atoms with van der Waals surface area (Å²) in [6, 6.07) is 8.52. The summed E-state index contributed by atoms with van der Waals surface area (Å²) in [6.07, 6.45) is 0.315. The third-order valence-corrected chi connectivity index (χ3v) is 4.48. The smallest absolute Gasteiger partial charge is 0.338 e. The molecular weight excluding hydrogens is 336 g/mol. The molecule has 8 nitrogen and oxygen atoms in total. The monoisotopic (exact) mass is 352 g/mol. The second kappa shape index (κ2) is 7.28. The molecule has 0 aliphatic rings. The largest absolute Gasteiger partial charge is 0.468 e. The molecule has 1 heterocycles. The Kier molecular flexibility index (Phi) is 5.37. The minimum atomic E-state index is -3.85. The topological polar surface area (TPSA) is 129 Å². The van der Waals surface area contributed by atoms with Crippen molar-refractivity contribution in [3.63, 3.8) is 0 Å². The third kappa shape index (κ3) is 4.43. The minimum absolute atomic E-state index is 0.0102. The van der Waals surface area contributed by atoms with E-state index in [4.69, 9.17) is 14.9 Å². The van der Waals surface area contributed by atoms with Crippen LogP contribution in [0.4, 0.5) is 0 Å². The van der Waals surface area contributed by atoms with Crippen molar-refractivity contribution in [3.8, 4) is 0 Å². The highest BCUT2D eigenvalue weighted by Gasteiger charge is 2.19. The first-order chi connectivity index (χ1) is 11.3. The van der Waals surface area contributed by atoms with E-state index in [0.29, 0.717) is 5.76 Å². The van der Waals surface area contributed by atoms with Crippen molar-refractivity contribution in [3.05, 3.63) is 54.0 Å². The summed E-state index contributed by atoms with van der Waals surface area (Å²) in [7, 11) is -3.85. The Hall–Kier alpha value is -2.65. The number of carbonyl (C=O) groups excluding carboxylic acids is 2. The average molecular weight is 352 g/mol. The molecule has 0 spiro atoms. The lowest BCUT2D eigenvalue weighted by Gasteiger charge is -2.10. The van der Waals surface area contributed by atoms with Gasteiger partial charge >= 0.3 is 5.97 Å². The molecule has 0 bridgehead atoms. The summed E-state index contributed by atoms with van der Waals surface area (Å²) < 4.78 is 36.8. The number of esters is 1. The maximum atomic E-state index is 12.3. The van der Waals surface area contributed by atoms with E-state index in [-0.39, 0.29) is 17.0 Å². The summed E-state index contributed by atoms with van der Waals surface area (Å²) in [5.41, 5.74) is 5.01. The van der Waals surface area contributed by atoms with E-state index in [9.17, 15) is 18.0 Å². The van der Waals surface area contributed by atoms with Crippen LogP contribution in [0.1, 0.15) is 23.0 Å². The van der Waals surface area contributed by atoms with Crippen LogP contribution in [-0.2, 0) is 26.1 Å². The Morgan fingerprint density at radius 2 is 2.04 bits per heavy atom. The van der Waals surface area contributed by atoms with Crippen LogP contribution >= 0.6 is 0 Å². The molecule has 0 saturated heterocycles. The van der Waals surface area contributed by atoms with Crippen molar-refractivity contribution >= 4 is 21.9 Å². The van der Waals surface area contributed by atoms with Crippen LogP contribution in [0, 0.1) is 0 Å². The molecule has 1 aromatic heterocycles. The van der Waals surface area contributed by atoms with Gasteiger partial charge in [0.05, 0.1) is 23.3 Å². The molecule has 1 amide bonds. The fraction of sp³-hybridized carbons (Fsp3) is 0.200. The Bertz CT molecular complexity index is 829. The lowest BCUT2D eigenvalue weighted by atomic mass is 10.2. The van der Waals surface area contributed by atoms with Crippen molar-refractivity contribution in [2.75, 3.05) is 0 Å². The number of ether oxygens (including phenoxy) is 1. The predicted octanol–water partition coefficient (Wildman–Crippen LogP) is 0.789. The summed E-state index contributed by atoms with van der Waals surface area (Å²) in [6.45, 7) is 1.30. The van der Waals surface area contributed by atoms with Crippen LogP contribution in [0.25, 0.3) is 0 Å². The second-order valence-electron chi connectivity index (χ2n) is 4.88. The number of hydrogen-bond donors (Lipinski definition) is 2. The van der Waals surface area contributed by atoms with Gasteiger partial charge in [0.15, 0.2) is 6.10 Å². The number of primary amides is 1. The highest BCUT2D eigenvalue weighted by Crippen LogP contribution is 2.14. The average Bonchev–Trinajstić information content (AvgIpc) is 3.06. The first-order valence-corrected chi connectivity index (χ1v) is 8.40. The lowest BCUT2D eigenvalue weighted by Crippen LogP contribution is -2.30. The number of nitrogens with one attached hydrogen (secondary N) is 1. The van der Waals surface area contributed by atoms with E-state index in [1.54, 1.807) is 12.1 Å². The molecule has 1 atom stereocenters. The quantitative estimate of drug-likeness (QED) is 0.709. The van der Waals surface area contributed by atoms with Gasteiger partial charge in [-0.3, -0.25) is 4.79 Å². The van der Waals surface area contributed by atoms with Gasteiger partial charge in [-0.1, -0.05) is 6.07 Å². The van der Waals surface area contributed by atoms with Crippen molar-refractivity contribution in [1.82, 2.24) is 4.72 Å². The SMILES string of the molecule is CC(OC(=O)c1cccc(S(=O)(=O)NCc2ccco2)c1)C(N)=O. The molecule has 0 aliphatic carbocycles. The van der Waals surface area contributed by atoms with Gasteiger partial charge < -0.3 is 14.9 Å². The van der Waals surface area contributed by atoms with E-state index in [1.807, 2.05) is 0 Å². The standard InChI is InChI=1S/C15H16N2O6S/c1-10(14(16)18)23-15(19)11-4-2-6-13(8-11)24(20,21)17-9-12-5-3-7-22-12/h2-8,10,17H,9H2,1H3,(H2,16,18). The van der Waals surface area contributed by atoms with Crippen LogP contribution in [0.2, 0.25) is 0 Å².